The highest BCUT2D eigenvalue weighted by atomic mass is 16.3. The van der Waals surface area contributed by atoms with Gasteiger partial charge >= 0.3 is 6.03 Å². The van der Waals surface area contributed by atoms with Gasteiger partial charge < -0.3 is 16.2 Å². The van der Waals surface area contributed by atoms with E-state index in [0.717, 1.165) is 4.90 Å². The number of rotatable bonds is 4. The van der Waals surface area contributed by atoms with Crippen molar-refractivity contribution in [2.45, 2.75) is 6.92 Å². The van der Waals surface area contributed by atoms with Crippen molar-refractivity contribution in [3.8, 4) is 11.8 Å². The normalized spacial score (nSPS) is 9.76. The largest absolute Gasteiger partial charge is 0.506 e. The lowest BCUT2D eigenvalue weighted by molar-refractivity contribution is -0.112. The van der Waals surface area contributed by atoms with E-state index in [0.29, 0.717) is 22.5 Å². The Labute approximate surface area is 144 Å². The van der Waals surface area contributed by atoms with Gasteiger partial charge in [-0.25, -0.2) is 4.79 Å². The number of nitriles is 1. The summed E-state index contributed by atoms with van der Waals surface area (Å²) in [5, 5.41) is 21.7. The monoisotopic (exact) mass is 336 g/mol. The van der Waals surface area contributed by atoms with Crippen LogP contribution in [0.4, 0.5) is 21.9 Å². The molecular weight excluding hydrogens is 320 g/mol. The van der Waals surface area contributed by atoms with Crippen LogP contribution in [-0.4, -0.2) is 17.0 Å². The molecule has 126 valence electrons. The lowest BCUT2D eigenvalue weighted by atomic mass is 10.1. The van der Waals surface area contributed by atoms with Gasteiger partial charge in [-0.05, 0) is 43.3 Å². The van der Waals surface area contributed by atoms with Crippen LogP contribution < -0.4 is 16.0 Å². The molecular formula is C18H16N4O3. The SMILES string of the molecule is C=C(C)C(=O)Nc1ccc(N(C(N)=O)c2ccc(C#N)cc2)c(O)c1. The molecule has 0 bridgehead atoms. The highest BCUT2D eigenvalue weighted by Crippen LogP contribution is 2.35. The number of phenolic OH excluding ortho intramolecular Hbond substituents is 1. The number of hydrogen-bond donors (Lipinski definition) is 3. The molecule has 0 aromatic heterocycles. The molecule has 0 saturated carbocycles. The number of carbonyl (C=O) groups is 2. The van der Waals surface area contributed by atoms with Crippen molar-refractivity contribution in [3.63, 3.8) is 0 Å². The topological polar surface area (TPSA) is 119 Å². The van der Waals surface area contributed by atoms with E-state index in [1.807, 2.05) is 6.07 Å². The summed E-state index contributed by atoms with van der Waals surface area (Å²) in [6, 6.07) is 11.6. The number of urea groups is 1. The fourth-order valence-corrected chi connectivity index (χ4v) is 2.10. The lowest BCUT2D eigenvalue weighted by Gasteiger charge is -2.22. The number of carbonyl (C=O) groups excluding carboxylic acids is 2. The zero-order chi connectivity index (χ0) is 18.6. The van der Waals surface area contributed by atoms with Crippen LogP contribution in [0.15, 0.2) is 54.6 Å². The molecule has 0 atom stereocenters. The van der Waals surface area contributed by atoms with Crippen molar-refractivity contribution in [1.82, 2.24) is 0 Å². The van der Waals surface area contributed by atoms with Crippen LogP contribution in [0.25, 0.3) is 0 Å². The van der Waals surface area contributed by atoms with Gasteiger partial charge in [0.25, 0.3) is 5.91 Å². The van der Waals surface area contributed by atoms with Crippen molar-refractivity contribution in [3.05, 3.63) is 60.2 Å². The van der Waals surface area contributed by atoms with E-state index >= 15 is 0 Å². The summed E-state index contributed by atoms with van der Waals surface area (Å²) in [5.41, 5.74) is 7.05. The third kappa shape index (κ3) is 3.95. The quantitative estimate of drug-likeness (QED) is 0.743. The van der Waals surface area contributed by atoms with Crippen molar-refractivity contribution >= 4 is 29.0 Å². The maximum atomic E-state index is 11.8. The van der Waals surface area contributed by atoms with Gasteiger partial charge in [-0.1, -0.05) is 6.58 Å². The number of nitrogens with two attached hydrogens (primary N) is 1. The zero-order valence-electron chi connectivity index (χ0n) is 13.5. The first kappa shape index (κ1) is 17.6. The van der Waals surface area contributed by atoms with Gasteiger partial charge in [-0.2, -0.15) is 5.26 Å². The van der Waals surface area contributed by atoms with Crippen LogP contribution in [0.2, 0.25) is 0 Å². The van der Waals surface area contributed by atoms with Gasteiger partial charge in [0.2, 0.25) is 0 Å². The standard InChI is InChI=1S/C18H16N4O3/c1-11(2)17(24)21-13-5-8-15(16(23)9-13)22(18(20)25)14-6-3-12(10-19)4-7-14/h3-9,23H,1H2,2H3,(H2,20,25)(H,21,24). The van der Waals surface area contributed by atoms with Crippen molar-refractivity contribution in [2.24, 2.45) is 5.73 Å². The van der Waals surface area contributed by atoms with Crippen molar-refractivity contribution in [2.75, 3.05) is 10.2 Å². The molecule has 7 heteroatoms. The summed E-state index contributed by atoms with van der Waals surface area (Å²) >= 11 is 0. The second-order valence-corrected chi connectivity index (χ2v) is 5.27. The summed E-state index contributed by atoms with van der Waals surface area (Å²) in [6.45, 7) is 5.09. The van der Waals surface area contributed by atoms with E-state index in [1.165, 1.54) is 30.3 Å². The molecule has 0 spiro atoms. The summed E-state index contributed by atoms with van der Waals surface area (Å²) in [6.07, 6.45) is 0. The van der Waals surface area contributed by atoms with E-state index < -0.39 is 6.03 Å². The molecule has 3 amide bonds. The van der Waals surface area contributed by atoms with E-state index in [2.05, 4.69) is 11.9 Å². The fraction of sp³-hybridized carbons (Fsp3) is 0.0556. The highest BCUT2D eigenvalue weighted by molar-refractivity contribution is 6.04. The zero-order valence-corrected chi connectivity index (χ0v) is 13.5. The molecule has 0 fully saturated rings. The number of hydrogen-bond acceptors (Lipinski definition) is 4. The van der Waals surface area contributed by atoms with Crippen LogP contribution in [0, 0.1) is 11.3 Å². The summed E-state index contributed by atoms with van der Waals surface area (Å²) in [7, 11) is 0. The summed E-state index contributed by atoms with van der Waals surface area (Å²) in [5.74, 6) is -0.631. The molecule has 0 saturated heterocycles. The Morgan fingerprint density at radius 1 is 1.24 bits per heavy atom. The minimum atomic E-state index is -0.807. The Hall–Kier alpha value is -3.79. The van der Waals surface area contributed by atoms with Crippen LogP contribution in [0.3, 0.4) is 0 Å². The summed E-state index contributed by atoms with van der Waals surface area (Å²) < 4.78 is 0. The molecule has 0 aliphatic carbocycles. The first-order valence-corrected chi connectivity index (χ1v) is 7.23. The molecule has 25 heavy (non-hydrogen) atoms. The van der Waals surface area contributed by atoms with E-state index in [9.17, 15) is 14.7 Å². The van der Waals surface area contributed by atoms with Gasteiger partial charge in [-0.3, -0.25) is 9.69 Å². The number of anilines is 3. The number of primary amides is 1. The van der Waals surface area contributed by atoms with Crippen LogP contribution in [0.1, 0.15) is 12.5 Å². The maximum absolute atomic E-state index is 11.8. The molecule has 0 unspecified atom stereocenters. The Morgan fingerprint density at radius 3 is 2.36 bits per heavy atom. The second-order valence-electron chi connectivity index (χ2n) is 5.27. The number of nitrogens with zero attached hydrogens (tertiary/aromatic N) is 2. The highest BCUT2D eigenvalue weighted by Gasteiger charge is 2.19. The minimum absolute atomic E-state index is 0.144. The molecule has 2 aromatic carbocycles. The van der Waals surface area contributed by atoms with E-state index in [4.69, 9.17) is 11.0 Å². The third-order valence-corrected chi connectivity index (χ3v) is 3.34. The smallest absolute Gasteiger partial charge is 0.324 e. The molecule has 0 radical (unpaired) electrons. The number of aromatic hydroxyl groups is 1. The maximum Gasteiger partial charge on any atom is 0.324 e. The number of phenols is 1. The number of amides is 3. The second kappa shape index (κ2) is 7.19. The Bertz CT molecular complexity index is 882. The van der Waals surface area contributed by atoms with E-state index in [-0.39, 0.29) is 17.3 Å². The molecule has 0 aliphatic rings. The minimum Gasteiger partial charge on any atom is -0.506 e. The Kier molecular flexibility index (Phi) is 5.05. The molecule has 2 aromatic rings. The van der Waals surface area contributed by atoms with Gasteiger partial charge in [0.05, 0.1) is 23.0 Å². The molecule has 0 aliphatic heterocycles. The first-order valence-electron chi connectivity index (χ1n) is 7.23. The van der Waals surface area contributed by atoms with Crippen LogP contribution in [-0.2, 0) is 4.79 Å². The van der Waals surface area contributed by atoms with Gasteiger partial charge in [-0.15, -0.1) is 0 Å². The van der Waals surface area contributed by atoms with Crippen LogP contribution in [0.5, 0.6) is 5.75 Å². The molecule has 7 nitrogen and oxygen atoms in total. The Balaban J connectivity index is 2.38. The molecule has 2 rings (SSSR count). The predicted octanol–water partition coefficient (Wildman–Crippen LogP) is 3.00. The van der Waals surface area contributed by atoms with Crippen molar-refractivity contribution in [1.29, 1.82) is 5.26 Å². The Morgan fingerprint density at radius 2 is 1.88 bits per heavy atom. The third-order valence-electron chi connectivity index (χ3n) is 3.34. The van der Waals surface area contributed by atoms with E-state index in [1.54, 1.807) is 19.1 Å². The van der Waals surface area contributed by atoms with Gasteiger partial charge in [0.1, 0.15) is 5.75 Å². The average Bonchev–Trinajstić information content (AvgIpc) is 2.57. The molecule has 0 heterocycles. The predicted molar refractivity (Wildman–Crippen MR) is 94.4 cm³/mol. The number of benzene rings is 2. The van der Waals surface area contributed by atoms with Gasteiger partial charge in [0.15, 0.2) is 0 Å². The summed E-state index contributed by atoms with van der Waals surface area (Å²) in [4.78, 5) is 24.6. The first-order chi connectivity index (χ1) is 11.8. The van der Waals surface area contributed by atoms with Crippen molar-refractivity contribution < 1.29 is 14.7 Å². The number of nitrogens with one attached hydrogen (secondary N) is 1. The lowest BCUT2D eigenvalue weighted by Crippen LogP contribution is -2.31. The fourth-order valence-electron chi connectivity index (χ4n) is 2.10. The molecule has 4 N–H and O–H groups in total. The van der Waals surface area contributed by atoms with Crippen LogP contribution >= 0.6 is 0 Å². The average molecular weight is 336 g/mol. The van der Waals surface area contributed by atoms with Gasteiger partial charge in [0, 0.05) is 17.3 Å².